The molecule has 0 saturated carbocycles. The zero-order valence-corrected chi connectivity index (χ0v) is 10.6. The van der Waals surface area contributed by atoms with Gasteiger partial charge in [-0.25, -0.2) is 0 Å². The molecule has 1 amide bonds. The zero-order valence-electron chi connectivity index (χ0n) is 9.85. The number of H-pyrrole nitrogens is 1. The van der Waals surface area contributed by atoms with Crippen LogP contribution in [0.1, 0.15) is 10.5 Å². The summed E-state index contributed by atoms with van der Waals surface area (Å²) < 4.78 is 0. The Morgan fingerprint density at radius 2 is 2.21 bits per heavy atom. The van der Waals surface area contributed by atoms with Crippen LogP contribution in [0, 0.1) is 0 Å². The quantitative estimate of drug-likeness (QED) is 0.750. The molecule has 0 radical (unpaired) electrons. The predicted molar refractivity (Wildman–Crippen MR) is 75.5 cm³/mol. The average molecular weight is 272 g/mol. The van der Waals surface area contributed by atoms with Crippen molar-refractivity contribution in [1.82, 2.24) is 9.97 Å². The number of carbonyl (C=O) groups excluding carboxylic acids is 1. The maximum Gasteiger partial charge on any atom is 0.272 e. The van der Waals surface area contributed by atoms with E-state index in [1.54, 1.807) is 24.7 Å². The third kappa shape index (κ3) is 2.30. The number of hydrogen-bond donors (Lipinski definition) is 2. The molecule has 0 fully saturated rings. The van der Waals surface area contributed by atoms with E-state index in [1.807, 2.05) is 24.3 Å². The molecule has 3 rings (SSSR count). The summed E-state index contributed by atoms with van der Waals surface area (Å²) in [4.78, 5) is 18.9. The van der Waals surface area contributed by atoms with Crippen LogP contribution in [0.25, 0.3) is 10.8 Å². The number of fused-ring (bicyclic) bond motifs is 1. The van der Waals surface area contributed by atoms with Crippen LogP contribution in [-0.4, -0.2) is 15.9 Å². The lowest BCUT2D eigenvalue weighted by molar-refractivity contribution is 0.102. The van der Waals surface area contributed by atoms with Gasteiger partial charge in [-0.15, -0.1) is 0 Å². The molecule has 0 aliphatic carbocycles. The van der Waals surface area contributed by atoms with Crippen molar-refractivity contribution >= 4 is 34.0 Å². The van der Waals surface area contributed by atoms with Gasteiger partial charge in [0.1, 0.15) is 5.69 Å². The van der Waals surface area contributed by atoms with Crippen LogP contribution < -0.4 is 5.32 Å². The summed E-state index contributed by atoms with van der Waals surface area (Å²) in [5.41, 5.74) is 1.17. The first kappa shape index (κ1) is 11.7. The standard InChI is InChI=1S/C14H10ClN3O/c15-10-6-13(17-8-10)14(19)18-12-3-1-2-9-7-16-5-4-11(9)12/h1-8,17H,(H,18,19). The molecule has 0 aliphatic rings. The van der Waals surface area contributed by atoms with E-state index in [0.717, 1.165) is 16.5 Å². The van der Waals surface area contributed by atoms with Gasteiger partial charge in [0.05, 0.1) is 5.02 Å². The van der Waals surface area contributed by atoms with Crippen LogP contribution in [0.5, 0.6) is 0 Å². The third-order valence-electron chi connectivity index (χ3n) is 2.82. The van der Waals surface area contributed by atoms with Crippen molar-refractivity contribution in [3.05, 3.63) is 59.6 Å². The minimum absolute atomic E-state index is 0.226. The molecule has 0 saturated heterocycles. The number of rotatable bonds is 2. The van der Waals surface area contributed by atoms with Crippen LogP contribution in [-0.2, 0) is 0 Å². The molecule has 94 valence electrons. The summed E-state index contributed by atoms with van der Waals surface area (Å²) in [6, 6.07) is 9.13. The van der Waals surface area contributed by atoms with Gasteiger partial charge in [0.2, 0.25) is 0 Å². The number of amides is 1. The van der Waals surface area contributed by atoms with Gasteiger partial charge in [0.15, 0.2) is 0 Å². The number of aromatic nitrogens is 2. The average Bonchev–Trinajstić information content (AvgIpc) is 2.86. The number of aromatic amines is 1. The lowest BCUT2D eigenvalue weighted by atomic mass is 10.1. The normalized spacial score (nSPS) is 10.6. The molecule has 1 aromatic carbocycles. The number of halogens is 1. The highest BCUT2D eigenvalue weighted by Gasteiger charge is 2.09. The number of hydrogen-bond acceptors (Lipinski definition) is 2. The van der Waals surface area contributed by atoms with Crippen LogP contribution >= 0.6 is 11.6 Å². The molecular weight excluding hydrogens is 262 g/mol. The molecule has 2 aromatic heterocycles. The minimum atomic E-state index is -0.226. The fourth-order valence-corrected chi connectivity index (χ4v) is 2.08. The van der Waals surface area contributed by atoms with E-state index >= 15 is 0 Å². The lowest BCUT2D eigenvalue weighted by Gasteiger charge is -2.07. The number of nitrogens with one attached hydrogen (secondary N) is 2. The van der Waals surface area contributed by atoms with E-state index in [2.05, 4.69) is 15.3 Å². The number of anilines is 1. The Kier molecular flexibility index (Phi) is 2.93. The van der Waals surface area contributed by atoms with Crippen molar-refractivity contribution in [2.75, 3.05) is 5.32 Å². The first-order chi connectivity index (χ1) is 9.24. The Hall–Kier alpha value is -2.33. The highest BCUT2D eigenvalue weighted by atomic mass is 35.5. The molecule has 2 heterocycles. The maximum atomic E-state index is 12.1. The molecular formula is C14H10ClN3O. The SMILES string of the molecule is O=C(Nc1cccc2cnccc12)c1cc(Cl)c[nH]1. The summed E-state index contributed by atoms with van der Waals surface area (Å²) in [5, 5.41) is 5.29. The monoisotopic (exact) mass is 271 g/mol. The van der Waals surface area contributed by atoms with Crippen LogP contribution in [0.4, 0.5) is 5.69 Å². The van der Waals surface area contributed by atoms with E-state index in [0.29, 0.717) is 10.7 Å². The topological polar surface area (TPSA) is 57.8 Å². The van der Waals surface area contributed by atoms with Gasteiger partial charge < -0.3 is 10.3 Å². The maximum absolute atomic E-state index is 12.1. The second kappa shape index (κ2) is 4.74. The number of carbonyl (C=O) groups is 1. The molecule has 0 bridgehead atoms. The largest absolute Gasteiger partial charge is 0.356 e. The third-order valence-corrected chi connectivity index (χ3v) is 3.04. The Labute approximate surface area is 114 Å². The summed E-state index contributed by atoms with van der Waals surface area (Å²) in [5.74, 6) is -0.226. The van der Waals surface area contributed by atoms with Gasteiger partial charge in [0, 0.05) is 35.1 Å². The number of benzene rings is 1. The summed E-state index contributed by atoms with van der Waals surface area (Å²) in [6.07, 6.45) is 5.03. The van der Waals surface area contributed by atoms with E-state index in [9.17, 15) is 4.79 Å². The number of nitrogens with zero attached hydrogens (tertiary/aromatic N) is 1. The fraction of sp³-hybridized carbons (Fsp3) is 0. The Morgan fingerprint density at radius 3 is 3.00 bits per heavy atom. The summed E-state index contributed by atoms with van der Waals surface area (Å²) in [6.45, 7) is 0. The number of pyridine rings is 1. The minimum Gasteiger partial charge on any atom is -0.356 e. The van der Waals surface area contributed by atoms with Gasteiger partial charge in [-0.3, -0.25) is 9.78 Å². The van der Waals surface area contributed by atoms with Crippen LogP contribution in [0.3, 0.4) is 0 Å². The van der Waals surface area contributed by atoms with E-state index in [4.69, 9.17) is 11.6 Å². The molecule has 4 nitrogen and oxygen atoms in total. The fourth-order valence-electron chi connectivity index (χ4n) is 1.92. The van der Waals surface area contributed by atoms with E-state index < -0.39 is 0 Å². The summed E-state index contributed by atoms with van der Waals surface area (Å²) in [7, 11) is 0. The van der Waals surface area contributed by atoms with Crippen molar-refractivity contribution in [1.29, 1.82) is 0 Å². The second-order valence-electron chi connectivity index (χ2n) is 4.09. The molecule has 2 N–H and O–H groups in total. The Balaban J connectivity index is 1.95. The van der Waals surface area contributed by atoms with Gasteiger partial charge >= 0.3 is 0 Å². The van der Waals surface area contributed by atoms with Crippen LogP contribution in [0.2, 0.25) is 5.02 Å². The van der Waals surface area contributed by atoms with Gasteiger partial charge in [-0.05, 0) is 18.2 Å². The summed E-state index contributed by atoms with van der Waals surface area (Å²) >= 11 is 5.78. The van der Waals surface area contributed by atoms with Crippen molar-refractivity contribution < 1.29 is 4.79 Å². The molecule has 19 heavy (non-hydrogen) atoms. The highest BCUT2D eigenvalue weighted by molar-refractivity contribution is 6.31. The van der Waals surface area contributed by atoms with Gasteiger partial charge in [0.25, 0.3) is 5.91 Å². The van der Waals surface area contributed by atoms with Crippen LogP contribution in [0.15, 0.2) is 48.9 Å². The van der Waals surface area contributed by atoms with Crippen molar-refractivity contribution in [2.24, 2.45) is 0 Å². The van der Waals surface area contributed by atoms with Gasteiger partial charge in [-0.1, -0.05) is 23.7 Å². The molecule has 0 atom stereocenters. The molecule has 0 spiro atoms. The van der Waals surface area contributed by atoms with Gasteiger partial charge in [-0.2, -0.15) is 0 Å². The lowest BCUT2D eigenvalue weighted by Crippen LogP contribution is -2.12. The highest BCUT2D eigenvalue weighted by Crippen LogP contribution is 2.22. The van der Waals surface area contributed by atoms with E-state index in [-0.39, 0.29) is 5.91 Å². The Bertz CT molecular complexity index is 746. The smallest absolute Gasteiger partial charge is 0.272 e. The van der Waals surface area contributed by atoms with Crippen molar-refractivity contribution in [2.45, 2.75) is 0 Å². The first-order valence-corrected chi connectivity index (χ1v) is 6.10. The van der Waals surface area contributed by atoms with Crippen molar-refractivity contribution in [3.8, 4) is 0 Å². The molecule has 0 unspecified atom stereocenters. The first-order valence-electron chi connectivity index (χ1n) is 5.72. The predicted octanol–water partition coefficient (Wildman–Crippen LogP) is 3.47. The zero-order chi connectivity index (χ0) is 13.2. The molecule has 0 aliphatic heterocycles. The molecule has 5 heteroatoms. The second-order valence-corrected chi connectivity index (χ2v) is 4.52. The van der Waals surface area contributed by atoms with E-state index in [1.165, 1.54) is 0 Å². The Morgan fingerprint density at radius 1 is 1.32 bits per heavy atom. The van der Waals surface area contributed by atoms with Crippen molar-refractivity contribution in [3.63, 3.8) is 0 Å². The molecule has 3 aromatic rings.